The van der Waals surface area contributed by atoms with Crippen LogP contribution in [0.5, 0.6) is 5.88 Å². The molecule has 50 heavy (non-hydrogen) atoms. The predicted octanol–water partition coefficient (Wildman–Crippen LogP) is 6.05. The minimum atomic E-state index is -4.49. The SMILES string of the molecule is COc1cc(-c2cc(C(=O)N3[C@@H]4CC[C@H]3C[C@H](C(=O)NC3CCC(C(F)(F)F)N(CC(C)(C)F)C3)C4)nn2COCC[Si](C)(C)C)c(F)cn1. The molecule has 1 N–H and O–H groups in total. The molecule has 2 unspecified atom stereocenters. The van der Waals surface area contributed by atoms with E-state index in [9.17, 15) is 27.2 Å². The molecule has 0 saturated carbocycles. The van der Waals surface area contributed by atoms with Crippen molar-refractivity contribution < 1.29 is 41.0 Å². The first-order valence-electron chi connectivity index (χ1n) is 17.3. The number of aromatic nitrogens is 3. The zero-order chi connectivity index (χ0) is 36.6. The summed E-state index contributed by atoms with van der Waals surface area (Å²) in [6.45, 7) is 9.22. The number of carbonyl (C=O) groups excluding carboxylic acids is 2. The molecule has 3 aliphatic rings. The molecule has 0 aromatic carbocycles. The van der Waals surface area contributed by atoms with Gasteiger partial charge < -0.3 is 19.7 Å². The highest BCUT2D eigenvalue weighted by molar-refractivity contribution is 6.76. The third-order valence-corrected chi connectivity index (χ3v) is 11.6. The summed E-state index contributed by atoms with van der Waals surface area (Å²) in [4.78, 5) is 34.3. The smallest absolute Gasteiger partial charge is 0.404 e. The second kappa shape index (κ2) is 14.9. The van der Waals surface area contributed by atoms with E-state index in [4.69, 9.17) is 9.47 Å². The third-order valence-electron chi connectivity index (χ3n) is 9.85. The fourth-order valence-electron chi connectivity index (χ4n) is 7.46. The maximum Gasteiger partial charge on any atom is 0.404 e. The second-order valence-corrected chi connectivity index (χ2v) is 21.3. The van der Waals surface area contributed by atoms with Crippen molar-refractivity contribution in [3.63, 3.8) is 0 Å². The Morgan fingerprint density at radius 3 is 2.32 bits per heavy atom. The Morgan fingerprint density at radius 2 is 1.72 bits per heavy atom. The Hall–Kier alpha value is -3.11. The van der Waals surface area contributed by atoms with Crippen LogP contribution in [0.4, 0.5) is 22.0 Å². The molecule has 5 heterocycles. The van der Waals surface area contributed by atoms with Crippen LogP contribution in [0.1, 0.15) is 62.9 Å². The van der Waals surface area contributed by atoms with E-state index in [0.717, 1.165) is 17.1 Å². The van der Waals surface area contributed by atoms with Gasteiger partial charge in [-0.05, 0) is 64.5 Å². The summed E-state index contributed by atoms with van der Waals surface area (Å²) < 4.78 is 83.2. The van der Waals surface area contributed by atoms with Gasteiger partial charge in [0.2, 0.25) is 11.8 Å². The number of hydrogen-bond donors (Lipinski definition) is 1. The lowest BCUT2D eigenvalue weighted by molar-refractivity contribution is -0.196. The largest absolute Gasteiger partial charge is 0.481 e. The van der Waals surface area contributed by atoms with Crippen molar-refractivity contribution in [1.82, 2.24) is 29.9 Å². The van der Waals surface area contributed by atoms with E-state index in [0.29, 0.717) is 38.0 Å². The number of rotatable bonds is 12. The molecule has 16 heteroatoms. The first-order chi connectivity index (χ1) is 23.3. The maximum absolute atomic E-state index is 15.1. The normalized spacial score (nSPS) is 24.8. The fraction of sp³-hybridized carbons (Fsp3) is 0.706. The van der Waals surface area contributed by atoms with Crippen LogP contribution >= 0.6 is 0 Å². The molecule has 0 spiro atoms. The summed E-state index contributed by atoms with van der Waals surface area (Å²) in [6, 6.07) is 1.14. The van der Waals surface area contributed by atoms with Gasteiger partial charge in [0.1, 0.15) is 18.4 Å². The lowest BCUT2D eigenvalue weighted by Gasteiger charge is -2.43. The summed E-state index contributed by atoms with van der Waals surface area (Å²) in [6.07, 6.45) is -1.34. The first-order valence-corrected chi connectivity index (χ1v) is 21.0. The number of nitrogens with one attached hydrogen (secondary N) is 1. The number of amides is 2. The van der Waals surface area contributed by atoms with Crippen LogP contribution in [0.25, 0.3) is 11.3 Å². The number of fused-ring (bicyclic) bond motifs is 2. The number of methoxy groups -OCH3 is 1. The molecule has 3 aliphatic heterocycles. The highest BCUT2D eigenvalue weighted by Gasteiger charge is 2.49. The molecule has 2 aromatic heterocycles. The molecule has 3 saturated heterocycles. The Labute approximate surface area is 291 Å². The number of ether oxygens (including phenoxy) is 2. The van der Waals surface area contributed by atoms with Crippen LogP contribution in [-0.4, -0.2) is 107 Å². The molecule has 5 rings (SSSR count). The zero-order valence-electron chi connectivity index (χ0n) is 29.7. The number of halogens is 5. The third kappa shape index (κ3) is 9.21. The lowest BCUT2D eigenvalue weighted by atomic mass is 9.88. The van der Waals surface area contributed by atoms with Gasteiger partial charge in [0.25, 0.3) is 5.91 Å². The minimum Gasteiger partial charge on any atom is -0.481 e. The van der Waals surface area contributed by atoms with Crippen LogP contribution in [0.15, 0.2) is 18.3 Å². The van der Waals surface area contributed by atoms with Gasteiger partial charge >= 0.3 is 6.18 Å². The standard InChI is InChI=1S/C34H49F5N6O4Si/c1-33(2,36)19-43-18-22(7-10-29(43)34(37,38)39)41-31(46)21-13-23-8-9-24(14-21)45(23)32(47)27-16-28(25-15-30(48-3)40-17-26(25)35)44(42-27)20-49-11-12-50(4,5)6/h15-17,21-24,29H,7-14,18-20H2,1-6H3,(H,41,46)/t21-,22?,23-,24+,29?. The van der Waals surface area contributed by atoms with Gasteiger partial charge in [-0.25, -0.2) is 18.4 Å². The second-order valence-electron chi connectivity index (χ2n) is 15.7. The van der Waals surface area contributed by atoms with Crippen LogP contribution in [-0.2, 0) is 16.3 Å². The predicted molar refractivity (Wildman–Crippen MR) is 180 cm³/mol. The monoisotopic (exact) mass is 728 g/mol. The highest BCUT2D eigenvalue weighted by atomic mass is 28.3. The molecule has 0 aliphatic carbocycles. The highest BCUT2D eigenvalue weighted by Crippen LogP contribution is 2.41. The molecular weight excluding hydrogens is 679 g/mol. The lowest BCUT2D eigenvalue weighted by Crippen LogP contribution is -2.59. The van der Waals surface area contributed by atoms with Crippen LogP contribution < -0.4 is 10.1 Å². The minimum absolute atomic E-state index is 0.0113. The van der Waals surface area contributed by atoms with E-state index >= 15 is 4.39 Å². The molecule has 5 atom stereocenters. The summed E-state index contributed by atoms with van der Waals surface area (Å²) in [7, 11) is 0.0546. The molecule has 0 radical (unpaired) electrons. The molecule has 2 bridgehead atoms. The molecule has 278 valence electrons. The number of hydrogen-bond acceptors (Lipinski definition) is 7. The van der Waals surface area contributed by atoms with Gasteiger partial charge in [-0.3, -0.25) is 14.5 Å². The van der Waals surface area contributed by atoms with Crippen LogP contribution in [0.3, 0.4) is 0 Å². The first kappa shape index (κ1) is 38.1. The van der Waals surface area contributed by atoms with Crippen molar-refractivity contribution in [1.29, 1.82) is 0 Å². The molecule has 3 fully saturated rings. The van der Waals surface area contributed by atoms with Crippen LogP contribution in [0, 0.1) is 11.7 Å². The Balaban J connectivity index is 1.28. The summed E-state index contributed by atoms with van der Waals surface area (Å²) in [5, 5.41) is 7.52. The number of likely N-dealkylation sites (tertiary alicyclic amines) is 1. The van der Waals surface area contributed by atoms with Gasteiger partial charge in [0, 0.05) is 63.4 Å². The zero-order valence-corrected chi connectivity index (χ0v) is 30.7. The number of carbonyl (C=O) groups is 2. The van der Waals surface area contributed by atoms with Crippen molar-refractivity contribution in [2.24, 2.45) is 5.92 Å². The average Bonchev–Trinajstić information content (AvgIpc) is 3.54. The van der Waals surface area contributed by atoms with Crippen molar-refractivity contribution in [2.75, 3.05) is 26.8 Å². The van der Waals surface area contributed by atoms with E-state index in [1.165, 1.54) is 31.7 Å². The maximum atomic E-state index is 15.1. The Morgan fingerprint density at radius 1 is 1.04 bits per heavy atom. The van der Waals surface area contributed by atoms with E-state index in [-0.39, 0.29) is 67.2 Å². The Kier molecular flexibility index (Phi) is 11.3. The van der Waals surface area contributed by atoms with Crippen LogP contribution in [0.2, 0.25) is 25.7 Å². The van der Waals surface area contributed by atoms with Gasteiger partial charge in [0.05, 0.1) is 19.0 Å². The van der Waals surface area contributed by atoms with Crippen molar-refractivity contribution in [3.8, 4) is 17.1 Å². The van der Waals surface area contributed by atoms with E-state index in [1.807, 2.05) is 0 Å². The van der Waals surface area contributed by atoms with Crippen molar-refractivity contribution >= 4 is 19.9 Å². The van der Waals surface area contributed by atoms with Crippen molar-refractivity contribution in [2.45, 2.75) is 121 Å². The van der Waals surface area contributed by atoms with Gasteiger partial charge in [-0.2, -0.15) is 18.3 Å². The van der Waals surface area contributed by atoms with E-state index in [1.54, 1.807) is 11.0 Å². The topological polar surface area (TPSA) is 102 Å². The number of nitrogens with zero attached hydrogens (tertiary/aromatic N) is 5. The number of pyridine rings is 1. The van der Waals surface area contributed by atoms with Gasteiger partial charge in [-0.1, -0.05) is 19.6 Å². The summed E-state index contributed by atoms with van der Waals surface area (Å²) in [5.41, 5.74) is -1.20. The quantitative estimate of drug-likeness (QED) is 0.162. The molecule has 10 nitrogen and oxygen atoms in total. The summed E-state index contributed by atoms with van der Waals surface area (Å²) in [5.74, 6) is -1.41. The summed E-state index contributed by atoms with van der Waals surface area (Å²) >= 11 is 0. The number of alkyl halides is 4. The fourth-order valence-corrected chi connectivity index (χ4v) is 8.21. The molecular formula is C34H49F5N6O4Si. The molecule has 2 amide bonds. The van der Waals surface area contributed by atoms with Gasteiger partial charge in [0.15, 0.2) is 11.5 Å². The van der Waals surface area contributed by atoms with E-state index in [2.05, 4.69) is 35.0 Å². The molecule has 2 aromatic rings. The number of piperidine rings is 2. The average molecular weight is 729 g/mol. The van der Waals surface area contributed by atoms with Gasteiger partial charge in [-0.15, -0.1) is 0 Å². The Bertz CT molecular complexity index is 1510. The van der Waals surface area contributed by atoms with Crippen molar-refractivity contribution in [3.05, 3.63) is 29.8 Å². The van der Waals surface area contributed by atoms with E-state index < -0.39 is 50.3 Å².